The number of nitrogens with one attached hydrogen (secondary N) is 1. The zero-order chi connectivity index (χ0) is 6.97. The zero-order valence-electron chi connectivity index (χ0n) is 5.11. The van der Waals surface area contributed by atoms with Crippen molar-refractivity contribution in [2.24, 2.45) is 10.1 Å². The third-order valence-corrected chi connectivity index (χ3v) is 1.41. The molecule has 0 spiro atoms. The lowest BCUT2D eigenvalue weighted by atomic mass is 10.1. The summed E-state index contributed by atoms with van der Waals surface area (Å²) in [5, 5.41) is 3.76. The molecule has 1 unspecified atom stereocenters. The van der Waals surface area contributed by atoms with Gasteiger partial charge in [0.1, 0.15) is 0 Å². The molecule has 0 saturated carbocycles. The van der Waals surface area contributed by atoms with Crippen molar-refractivity contribution in [3.05, 3.63) is 12.2 Å². The summed E-state index contributed by atoms with van der Waals surface area (Å²) in [4.78, 5) is 14.8. The number of rotatable bonds is 0. The number of dihydropyridines is 1. The normalized spacial score (nSPS) is 27.8. The zero-order valence-corrected chi connectivity index (χ0v) is 5.11. The van der Waals surface area contributed by atoms with Crippen LogP contribution in [-0.2, 0) is 4.79 Å². The topological polar surface area (TPSA) is 53.8 Å². The third-order valence-electron chi connectivity index (χ3n) is 1.41. The maximum atomic E-state index is 10.8. The quantitative estimate of drug-likeness (QED) is 0.477. The molecule has 0 saturated heterocycles. The summed E-state index contributed by atoms with van der Waals surface area (Å²) in [5.41, 5.74) is 3.05. The molecule has 0 aromatic rings. The van der Waals surface area contributed by atoms with E-state index in [4.69, 9.17) is 0 Å². The fourth-order valence-electron chi connectivity index (χ4n) is 0.926. The molecular formula is C6H5N3O. The van der Waals surface area contributed by atoms with Crippen LogP contribution in [0.1, 0.15) is 0 Å². The summed E-state index contributed by atoms with van der Waals surface area (Å²) in [5.74, 6) is -0.143. The van der Waals surface area contributed by atoms with Gasteiger partial charge in [-0.1, -0.05) is 0 Å². The van der Waals surface area contributed by atoms with E-state index in [1.54, 1.807) is 18.4 Å². The number of carbonyl (C=O) groups is 1. The average molecular weight is 135 g/mol. The van der Waals surface area contributed by atoms with Gasteiger partial charge in [0.15, 0.2) is 6.04 Å². The summed E-state index contributed by atoms with van der Waals surface area (Å²) in [6, 6.07) is -0.384. The van der Waals surface area contributed by atoms with E-state index in [0.29, 0.717) is 5.71 Å². The molecule has 50 valence electrons. The van der Waals surface area contributed by atoms with Crippen LogP contribution in [0.5, 0.6) is 0 Å². The van der Waals surface area contributed by atoms with Crippen molar-refractivity contribution >= 4 is 17.8 Å². The summed E-state index contributed by atoms with van der Waals surface area (Å²) in [6.45, 7) is 0. The van der Waals surface area contributed by atoms with Crippen molar-refractivity contribution in [2.75, 3.05) is 0 Å². The number of nitrogens with zero attached hydrogens (tertiary/aromatic N) is 2. The summed E-state index contributed by atoms with van der Waals surface area (Å²) in [6.07, 6.45) is 5.14. The molecule has 2 aliphatic heterocycles. The summed E-state index contributed by atoms with van der Waals surface area (Å²) >= 11 is 0. The fourth-order valence-corrected chi connectivity index (χ4v) is 0.926. The van der Waals surface area contributed by atoms with E-state index in [0.717, 1.165) is 0 Å². The Bertz CT molecular complexity index is 264. The molecule has 0 fully saturated rings. The minimum absolute atomic E-state index is 0.143. The highest BCUT2D eigenvalue weighted by molar-refractivity contribution is 6.19. The SMILES string of the molecule is O=C1NN=C2C=CC=NC12. The maximum Gasteiger partial charge on any atom is 0.271 e. The van der Waals surface area contributed by atoms with Gasteiger partial charge in [-0.3, -0.25) is 9.79 Å². The van der Waals surface area contributed by atoms with Crippen LogP contribution >= 0.6 is 0 Å². The Morgan fingerprint density at radius 1 is 1.60 bits per heavy atom. The number of hydrazone groups is 1. The van der Waals surface area contributed by atoms with Gasteiger partial charge >= 0.3 is 0 Å². The molecule has 2 aliphatic rings. The average Bonchev–Trinajstić information content (AvgIpc) is 2.34. The molecule has 1 atom stereocenters. The Labute approximate surface area is 57.3 Å². The van der Waals surface area contributed by atoms with Crippen molar-refractivity contribution in [3.63, 3.8) is 0 Å². The van der Waals surface area contributed by atoms with Gasteiger partial charge in [0.05, 0.1) is 5.71 Å². The van der Waals surface area contributed by atoms with Crippen molar-refractivity contribution < 1.29 is 4.79 Å². The summed E-state index contributed by atoms with van der Waals surface area (Å²) in [7, 11) is 0. The van der Waals surface area contributed by atoms with E-state index in [2.05, 4.69) is 15.5 Å². The highest BCUT2D eigenvalue weighted by atomic mass is 16.2. The van der Waals surface area contributed by atoms with E-state index < -0.39 is 0 Å². The van der Waals surface area contributed by atoms with Crippen LogP contribution in [0.3, 0.4) is 0 Å². The predicted octanol–water partition coefficient (Wildman–Crippen LogP) is -0.519. The molecule has 4 nitrogen and oxygen atoms in total. The number of allylic oxidation sites excluding steroid dienone is 1. The Morgan fingerprint density at radius 3 is 3.30 bits per heavy atom. The Balaban J connectivity index is 2.39. The van der Waals surface area contributed by atoms with Gasteiger partial charge in [0, 0.05) is 6.21 Å². The Kier molecular flexibility index (Phi) is 0.943. The standard InChI is InChI=1S/C6H5N3O/c10-6-5-4(8-9-6)2-1-3-7-5/h1-3,5H,(H,9,10). The molecule has 4 heteroatoms. The van der Waals surface area contributed by atoms with Crippen LogP contribution in [0.2, 0.25) is 0 Å². The van der Waals surface area contributed by atoms with Gasteiger partial charge in [0.2, 0.25) is 0 Å². The van der Waals surface area contributed by atoms with Crippen LogP contribution in [0.25, 0.3) is 0 Å². The largest absolute Gasteiger partial charge is 0.273 e. The van der Waals surface area contributed by atoms with Crippen molar-refractivity contribution in [1.29, 1.82) is 0 Å². The predicted molar refractivity (Wildman–Crippen MR) is 37.0 cm³/mol. The highest BCUT2D eigenvalue weighted by Gasteiger charge is 2.27. The van der Waals surface area contributed by atoms with Gasteiger partial charge in [-0.25, -0.2) is 5.43 Å². The molecule has 0 aromatic heterocycles. The second-order valence-corrected chi connectivity index (χ2v) is 2.07. The minimum Gasteiger partial charge on any atom is -0.273 e. The Morgan fingerprint density at radius 2 is 2.50 bits per heavy atom. The van der Waals surface area contributed by atoms with Crippen molar-refractivity contribution in [2.45, 2.75) is 6.04 Å². The lowest BCUT2D eigenvalue weighted by Crippen LogP contribution is -2.27. The van der Waals surface area contributed by atoms with Crippen molar-refractivity contribution in [1.82, 2.24) is 5.43 Å². The molecule has 2 rings (SSSR count). The molecule has 0 radical (unpaired) electrons. The van der Waals surface area contributed by atoms with E-state index in [-0.39, 0.29) is 11.9 Å². The number of hydrogen-bond donors (Lipinski definition) is 1. The van der Waals surface area contributed by atoms with Crippen molar-refractivity contribution in [3.8, 4) is 0 Å². The van der Waals surface area contributed by atoms with Gasteiger partial charge in [-0.2, -0.15) is 5.10 Å². The smallest absolute Gasteiger partial charge is 0.271 e. The fraction of sp³-hybridized carbons (Fsp3) is 0.167. The molecule has 1 N–H and O–H groups in total. The molecule has 2 heterocycles. The number of aliphatic imine (C=N–C) groups is 1. The van der Waals surface area contributed by atoms with Gasteiger partial charge in [-0.05, 0) is 12.2 Å². The molecule has 0 aliphatic carbocycles. The maximum absolute atomic E-state index is 10.8. The first-order valence-corrected chi connectivity index (χ1v) is 2.95. The first kappa shape index (κ1) is 5.34. The summed E-state index contributed by atoms with van der Waals surface area (Å²) < 4.78 is 0. The minimum atomic E-state index is -0.384. The van der Waals surface area contributed by atoms with E-state index in [1.807, 2.05) is 0 Å². The first-order chi connectivity index (χ1) is 4.88. The molecular weight excluding hydrogens is 130 g/mol. The second kappa shape index (κ2) is 1.76. The van der Waals surface area contributed by atoms with Crippen LogP contribution in [0.15, 0.2) is 22.2 Å². The van der Waals surface area contributed by atoms with E-state index >= 15 is 0 Å². The first-order valence-electron chi connectivity index (χ1n) is 2.95. The highest BCUT2D eigenvalue weighted by Crippen LogP contribution is 2.06. The van der Waals surface area contributed by atoms with Crippen LogP contribution in [-0.4, -0.2) is 23.9 Å². The van der Waals surface area contributed by atoms with Crippen LogP contribution in [0, 0.1) is 0 Å². The number of hydrogen-bond acceptors (Lipinski definition) is 3. The van der Waals surface area contributed by atoms with Crippen LogP contribution < -0.4 is 5.43 Å². The molecule has 10 heavy (non-hydrogen) atoms. The van der Waals surface area contributed by atoms with E-state index in [9.17, 15) is 4.79 Å². The lowest BCUT2D eigenvalue weighted by molar-refractivity contribution is -0.120. The monoisotopic (exact) mass is 135 g/mol. The second-order valence-electron chi connectivity index (χ2n) is 2.07. The van der Waals surface area contributed by atoms with E-state index in [1.165, 1.54) is 0 Å². The number of amides is 1. The molecule has 0 bridgehead atoms. The third kappa shape index (κ3) is 0.586. The van der Waals surface area contributed by atoms with Gasteiger partial charge < -0.3 is 0 Å². The lowest BCUT2D eigenvalue weighted by Gasteiger charge is -2.02. The van der Waals surface area contributed by atoms with Gasteiger partial charge in [0.25, 0.3) is 5.91 Å². The number of fused-ring (bicyclic) bond motifs is 1. The van der Waals surface area contributed by atoms with Gasteiger partial charge in [-0.15, -0.1) is 0 Å². The Hall–Kier alpha value is -1.45. The molecule has 1 amide bonds. The number of carbonyl (C=O) groups excluding carboxylic acids is 1. The molecule has 0 aromatic carbocycles. The van der Waals surface area contributed by atoms with Crippen LogP contribution in [0.4, 0.5) is 0 Å².